The molecular formula is C18H18F4N4O3. The van der Waals surface area contributed by atoms with Gasteiger partial charge in [-0.2, -0.15) is 13.2 Å². The lowest BCUT2D eigenvalue weighted by molar-refractivity contribution is -0.154. The van der Waals surface area contributed by atoms with Crippen LogP contribution in [0, 0.1) is 12.7 Å². The number of alkyl halides is 3. The molecule has 0 aliphatic heterocycles. The number of nitrogens with one attached hydrogen (secondary N) is 2. The number of anilines is 1. The summed E-state index contributed by atoms with van der Waals surface area (Å²) in [5.41, 5.74) is 0.681. The lowest BCUT2D eigenvalue weighted by atomic mass is 10.2. The molecular weight excluding hydrogens is 396 g/mol. The first-order valence-electron chi connectivity index (χ1n) is 8.48. The monoisotopic (exact) mass is 414 g/mol. The van der Waals surface area contributed by atoms with Gasteiger partial charge in [-0.25, -0.2) is 14.4 Å². The van der Waals surface area contributed by atoms with Crippen LogP contribution in [-0.4, -0.2) is 34.6 Å². The van der Waals surface area contributed by atoms with Gasteiger partial charge in [-0.1, -0.05) is 6.92 Å². The molecule has 0 atom stereocenters. The molecule has 0 unspecified atom stereocenters. The second-order valence-electron chi connectivity index (χ2n) is 5.94. The van der Waals surface area contributed by atoms with Crippen molar-refractivity contribution in [3.63, 3.8) is 0 Å². The Hall–Kier alpha value is -3.24. The average Bonchev–Trinajstić information content (AvgIpc) is 2.66. The predicted molar refractivity (Wildman–Crippen MR) is 94.8 cm³/mol. The molecule has 7 nitrogen and oxygen atoms in total. The molecule has 11 heteroatoms. The van der Waals surface area contributed by atoms with Crippen LogP contribution < -0.4 is 15.4 Å². The Morgan fingerprint density at radius 1 is 1.24 bits per heavy atom. The molecule has 0 spiro atoms. The fourth-order valence-corrected chi connectivity index (χ4v) is 2.18. The van der Waals surface area contributed by atoms with Crippen molar-refractivity contribution >= 4 is 17.6 Å². The number of rotatable bonds is 7. The van der Waals surface area contributed by atoms with Crippen molar-refractivity contribution in [3.8, 4) is 5.88 Å². The minimum absolute atomic E-state index is 0.118. The third kappa shape index (κ3) is 6.70. The number of hydrogen-bond donors (Lipinski definition) is 2. The second kappa shape index (κ2) is 9.30. The molecule has 0 bridgehead atoms. The van der Waals surface area contributed by atoms with Gasteiger partial charge in [-0.05, 0) is 30.7 Å². The Morgan fingerprint density at radius 2 is 1.97 bits per heavy atom. The van der Waals surface area contributed by atoms with Gasteiger partial charge in [0.15, 0.2) is 12.4 Å². The smallest absolute Gasteiger partial charge is 0.422 e. The van der Waals surface area contributed by atoms with Crippen molar-refractivity contribution in [3.05, 3.63) is 47.0 Å². The molecule has 0 radical (unpaired) electrons. The molecule has 2 aromatic rings. The first kappa shape index (κ1) is 22.1. The highest BCUT2D eigenvalue weighted by Crippen LogP contribution is 2.21. The molecule has 2 amide bonds. The van der Waals surface area contributed by atoms with Gasteiger partial charge in [-0.15, -0.1) is 0 Å². The van der Waals surface area contributed by atoms with Crippen molar-refractivity contribution in [2.45, 2.75) is 33.0 Å². The lowest BCUT2D eigenvalue weighted by Crippen LogP contribution is -2.24. The van der Waals surface area contributed by atoms with Crippen LogP contribution in [0.5, 0.6) is 5.88 Å². The maximum atomic E-state index is 13.9. The van der Waals surface area contributed by atoms with E-state index in [2.05, 4.69) is 25.3 Å². The summed E-state index contributed by atoms with van der Waals surface area (Å²) in [6.45, 7) is 1.34. The average molecular weight is 414 g/mol. The zero-order chi connectivity index (χ0) is 21.6. The van der Waals surface area contributed by atoms with Crippen LogP contribution in [-0.2, 0) is 11.3 Å². The summed E-state index contributed by atoms with van der Waals surface area (Å²) >= 11 is 0. The third-order valence-electron chi connectivity index (χ3n) is 3.66. The summed E-state index contributed by atoms with van der Waals surface area (Å²) in [7, 11) is 0. The Bertz CT molecular complexity index is 903. The third-order valence-corrected chi connectivity index (χ3v) is 3.66. The molecule has 0 aliphatic carbocycles. The van der Waals surface area contributed by atoms with Gasteiger partial charge in [0.25, 0.3) is 11.8 Å². The van der Waals surface area contributed by atoms with Gasteiger partial charge in [0.1, 0.15) is 5.82 Å². The highest BCUT2D eigenvalue weighted by Gasteiger charge is 2.29. The Morgan fingerprint density at radius 3 is 2.62 bits per heavy atom. The molecule has 156 valence electrons. The predicted octanol–water partition coefficient (Wildman–Crippen LogP) is 3.14. The molecule has 2 N–H and O–H groups in total. The van der Waals surface area contributed by atoms with E-state index in [0.717, 1.165) is 6.07 Å². The SMILES string of the molecule is CCC(=O)Nc1cc(C(=O)NCc2cc(F)c(OCC(F)(F)F)nc2C)ccn1. The zero-order valence-electron chi connectivity index (χ0n) is 15.6. The fourth-order valence-electron chi connectivity index (χ4n) is 2.18. The largest absolute Gasteiger partial charge is 0.466 e. The molecule has 0 saturated carbocycles. The van der Waals surface area contributed by atoms with Crippen LogP contribution >= 0.6 is 0 Å². The molecule has 0 saturated heterocycles. The lowest BCUT2D eigenvalue weighted by Gasteiger charge is -2.12. The maximum absolute atomic E-state index is 13.9. The van der Waals surface area contributed by atoms with Crippen LogP contribution in [0.1, 0.15) is 35.0 Å². The summed E-state index contributed by atoms with van der Waals surface area (Å²) in [6, 6.07) is 3.76. The van der Waals surface area contributed by atoms with Crippen LogP contribution in [0.15, 0.2) is 24.4 Å². The topological polar surface area (TPSA) is 93.2 Å². The van der Waals surface area contributed by atoms with E-state index in [1.54, 1.807) is 6.92 Å². The number of halogens is 4. The summed E-state index contributed by atoms with van der Waals surface area (Å²) < 4.78 is 54.9. The van der Waals surface area contributed by atoms with Gasteiger partial charge in [-0.3, -0.25) is 9.59 Å². The second-order valence-corrected chi connectivity index (χ2v) is 5.94. The molecule has 2 aromatic heterocycles. The van der Waals surface area contributed by atoms with Crippen molar-refractivity contribution < 1.29 is 31.9 Å². The molecule has 0 aromatic carbocycles. The Balaban J connectivity index is 2.04. The van der Waals surface area contributed by atoms with Gasteiger partial charge in [0.2, 0.25) is 5.91 Å². The zero-order valence-corrected chi connectivity index (χ0v) is 15.6. The van der Waals surface area contributed by atoms with E-state index >= 15 is 0 Å². The number of ether oxygens (including phenoxy) is 1. The highest BCUT2D eigenvalue weighted by atomic mass is 19.4. The minimum atomic E-state index is -4.62. The van der Waals surface area contributed by atoms with E-state index in [0.29, 0.717) is 0 Å². The van der Waals surface area contributed by atoms with Crippen molar-refractivity contribution in [2.75, 3.05) is 11.9 Å². The molecule has 0 aliphatic rings. The maximum Gasteiger partial charge on any atom is 0.422 e. The summed E-state index contributed by atoms with van der Waals surface area (Å²) in [5.74, 6) is -2.41. The van der Waals surface area contributed by atoms with Crippen molar-refractivity contribution in [2.24, 2.45) is 0 Å². The van der Waals surface area contributed by atoms with Gasteiger partial charge < -0.3 is 15.4 Å². The number of hydrogen-bond acceptors (Lipinski definition) is 5. The normalized spacial score (nSPS) is 11.1. The number of carbonyl (C=O) groups excluding carboxylic acids is 2. The number of nitrogens with zero attached hydrogens (tertiary/aromatic N) is 2. The van der Waals surface area contributed by atoms with Gasteiger partial charge >= 0.3 is 6.18 Å². The quantitative estimate of drug-likeness (QED) is 0.679. The standard InChI is InChI=1S/C18H18F4N4O3/c1-3-15(27)26-14-7-11(4-5-23-14)16(28)24-8-12-6-13(19)17(25-10(12)2)29-9-18(20,21)22/h4-7H,3,8-9H2,1-2H3,(H,24,28)(H,23,26,27). The van der Waals surface area contributed by atoms with E-state index in [1.165, 1.54) is 25.3 Å². The summed E-state index contributed by atoms with van der Waals surface area (Å²) in [6.07, 6.45) is -3.02. The number of aromatic nitrogens is 2. The Labute approximate surface area is 163 Å². The van der Waals surface area contributed by atoms with E-state index in [4.69, 9.17) is 0 Å². The van der Waals surface area contributed by atoms with Crippen molar-refractivity contribution in [1.29, 1.82) is 0 Å². The summed E-state index contributed by atoms with van der Waals surface area (Å²) in [4.78, 5) is 31.3. The van der Waals surface area contributed by atoms with E-state index in [-0.39, 0.29) is 41.5 Å². The molecule has 2 rings (SSSR count). The van der Waals surface area contributed by atoms with Gasteiger partial charge in [0, 0.05) is 30.4 Å². The summed E-state index contributed by atoms with van der Waals surface area (Å²) in [5, 5.41) is 5.07. The number of pyridine rings is 2. The first-order chi connectivity index (χ1) is 13.6. The number of carbonyl (C=O) groups is 2. The van der Waals surface area contributed by atoms with Crippen LogP contribution in [0.4, 0.5) is 23.4 Å². The minimum Gasteiger partial charge on any atom is -0.466 e. The molecule has 2 heterocycles. The van der Waals surface area contributed by atoms with E-state index < -0.39 is 30.4 Å². The van der Waals surface area contributed by atoms with Gasteiger partial charge in [0.05, 0.1) is 0 Å². The van der Waals surface area contributed by atoms with E-state index in [1.807, 2.05) is 0 Å². The number of amides is 2. The Kier molecular flexibility index (Phi) is 7.08. The number of aryl methyl sites for hydroxylation is 1. The van der Waals surface area contributed by atoms with Crippen LogP contribution in [0.3, 0.4) is 0 Å². The highest BCUT2D eigenvalue weighted by molar-refractivity contribution is 5.96. The first-order valence-corrected chi connectivity index (χ1v) is 8.48. The van der Waals surface area contributed by atoms with Crippen LogP contribution in [0.25, 0.3) is 0 Å². The van der Waals surface area contributed by atoms with Crippen molar-refractivity contribution in [1.82, 2.24) is 15.3 Å². The van der Waals surface area contributed by atoms with Crippen LogP contribution in [0.2, 0.25) is 0 Å². The van der Waals surface area contributed by atoms with E-state index in [9.17, 15) is 27.2 Å². The molecule has 0 fully saturated rings. The molecule has 29 heavy (non-hydrogen) atoms. The fraction of sp³-hybridized carbons (Fsp3) is 0.333.